The van der Waals surface area contributed by atoms with Crippen LogP contribution in [-0.2, 0) is 20.8 Å². The summed E-state index contributed by atoms with van der Waals surface area (Å²) in [5.41, 5.74) is 0.769. The van der Waals surface area contributed by atoms with Crippen molar-refractivity contribution < 1.29 is 29.4 Å². The van der Waals surface area contributed by atoms with Crippen LogP contribution in [0.5, 0.6) is 11.5 Å². The number of phenols is 2. The summed E-state index contributed by atoms with van der Waals surface area (Å²) in [4.78, 5) is 32.2. The Hall–Kier alpha value is -3.29. The standard InChI is InChI=1S/C25H34N2O6/c1-3-12-27(13-4-2)23(30)18-33-26-20-11-9-7-5-6-8-10-14-32-25(31)24-19(15-20)16-21(28)17-22(24)29/h6,8-9,11,16-17,28-29H,3-5,7,10,12-15,18H2,1-2H3/b8-6+,11-9+,26-20?. The van der Waals surface area contributed by atoms with E-state index in [0.717, 1.165) is 31.7 Å². The van der Waals surface area contributed by atoms with Crippen LogP contribution in [0.25, 0.3) is 0 Å². The van der Waals surface area contributed by atoms with Gasteiger partial charge in [-0.2, -0.15) is 0 Å². The summed E-state index contributed by atoms with van der Waals surface area (Å²) in [7, 11) is 0. The van der Waals surface area contributed by atoms with Crippen LogP contribution < -0.4 is 0 Å². The van der Waals surface area contributed by atoms with Gasteiger partial charge in [-0.05, 0) is 49.8 Å². The maximum absolute atomic E-state index is 12.6. The highest BCUT2D eigenvalue weighted by molar-refractivity contribution is 6.00. The third-order valence-corrected chi connectivity index (χ3v) is 4.96. The molecule has 1 aliphatic heterocycles. The molecule has 1 aliphatic rings. The number of amides is 1. The number of esters is 1. The van der Waals surface area contributed by atoms with Gasteiger partial charge < -0.3 is 24.7 Å². The molecular formula is C25H34N2O6. The number of hydrogen-bond acceptors (Lipinski definition) is 7. The first kappa shape index (κ1) is 26.0. The first-order chi connectivity index (χ1) is 16.0. The maximum Gasteiger partial charge on any atom is 0.342 e. The van der Waals surface area contributed by atoms with Crippen molar-refractivity contribution in [2.75, 3.05) is 26.3 Å². The molecule has 0 bridgehead atoms. The second-order valence-electron chi connectivity index (χ2n) is 7.79. The van der Waals surface area contributed by atoms with Crippen LogP contribution in [0.2, 0.25) is 0 Å². The SMILES string of the molecule is CCCN(CCC)C(=O)CON=C1/C=C/CC/C=C/CCOC(=O)c2c(O)cc(O)cc2C1. The first-order valence-electron chi connectivity index (χ1n) is 11.5. The molecule has 0 radical (unpaired) electrons. The third-order valence-electron chi connectivity index (χ3n) is 4.96. The molecule has 0 saturated carbocycles. The number of ether oxygens (including phenoxy) is 1. The number of rotatable bonds is 7. The number of nitrogens with zero attached hydrogens (tertiary/aromatic N) is 2. The van der Waals surface area contributed by atoms with Crippen molar-refractivity contribution in [3.05, 3.63) is 47.6 Å². The summed E-state index contributed by atoms with van der Waals surface area (Å²) < 4.78 is 5.28. The van der Waals surface area contributed by atoms with E-state index in [-0.39, 0.29) is 42.6 Å². The van der Waals surface area contributed by atoms with Crippen molar-refractivity contribution in [2.45, 2.75) is 52.4 Å². The van der Waals surface area contributed by atoms with Gasteiger partial charge in [-0.25, -0.2) is 4.79 Å². The molecule has 0 aliphatic carbocycles. The lowest BCUT2D eigenvalue weighted by Crippen LogP contribution is -2.35. The summed E-state index contributed by atoms with van der Waals surface area (Å²) in [6, 6.07) is 2.49. The number of benzene rings is 1. The molecule has 1 heterocycles. The monoisotopic (exact) mass is 458 g/mol. The van der Waals surface area contributed by atoms with E-state index in [2.05, 4.69) is 5.16 Å². The Morgan fingerprint density at radius 1 is 1.09 bits per heavy atom. The number of allylic oxidation sites excluding steroid dienone is 3. The van der Waals surface area contributed by atoms with Gasteiger partial charge in [0, 0.05) is 25.6 Å². The second kappa shape index (κ2) is 14.0. The fourth-order valence-corrected chi connectivity index (χ4v) is 3.46. The number of phenolic OH excluding ortho intramolecular Hbond substituents is 2. The number of oxime groups is 1. The quantitative estimate of drug-likeness (QED) is 0.362. The lowest BCUT2D eigenvalue weighted by molar-refractivity contribution is -0.136. The Morgan fingerprint density at radius 2 is 1.79 bits per heavy atom. The number of carbonyl (C=O) groups excluding carboxylic acids is 2. The van der Waals surface area contributed by atoms with E-state index in [1.165, 1.54) is 6.07 Å². The summed E-state index contributed by atoms with van der Waals surface area (Å²) in [5, 5.41) is 24.4. The van der Waals surface area contributed by atoms with Gasteiger partial charge in [-0.1, -0.05) is 37.2 Å². The van der Waals surface area contributed by atoms with Crippen molar-refractivity contribution >= 4 is 17.6 Å². The predicted octanol–water partition coefficient (Wildman–Crippen LogP) is 4.11. The fraction of sp³-hybridized carbons (Fsp3) is 0.480. The van der Waals surface area contributed by atoms with Crippen LogP contribution in [0, 0.1) is 0 Å². The average Bonchev–Trinajstić information content (AvgIpc) is 2.76. The van der Waals surface area contributed by atoms with E-state index < -0.39 is 5.97 Å². The summed E-state index contributed by atoms with van der Waals surface area (Å²) in [6.07, 6.45) is 11.6. The normalized spacial score (nSPS) is 18.0. The van der Waals surface area contributed by atoms with Gasteiger partial charge in [0.2, 0.25) is 0 Å². The molecule has 8 heteroatoms. The Labute approximate surface area is 195 Å². The summed E-state index contributed by atoms with van der Waals surface area (Å²) >= 11 is 0. The van der Waals surface area contributed by atoms with Gasteiger partial charge in [-0.3, -0.25) is 4.79 Å². The summed E-state index contributed by atoms with van der Waals surface area (Å²) in [6.45, 7) is 5.34. The Balaban J connectivity index is 2.27. The lowest BCUT2D eigenvalue weighted by Gasteiger charge is -2.20. The molecule has 2 rings (SSSR count). The third kappa shape index (κ3) is 8.63. The van der Waals surface area contributed by atoms with Gasteiger partial charge in [0.25, 0.3) is 5.91 Å². The Morgan fingerprint density at radius 3 is 2.52 bits per heavy atom. The molecule has 0 fully saturated rings. The lowest BCUT2D eigenvalue weighted by atomic mass is 10.00. The fourth-order valence-electron chi connectivity index (χ4n) is 3.46. The van der Waals surface area contributed by atoms with Crippen LogP contribution in [0.3, 0.4) is 0 Å². The van der Waals surface area contributed by atoms with E-state index in [1.807, 2.05) is 32.1 Å². The topological polar surface area (TPSA) is 109 Å². The van der Waals surface area contributed by atoms with E-state index in [9.17, 15) is 19.8 Å². The minimum absolute atomic E-state index is 0.0249. The molecule has 2 N–H and O–H groups in total. The average molecular weight is 459 g/mol. The number of carbonyl (C=O) groups is 2. The van der Waals surface area contributed by atoms with Crippen LogP contribution in [0.15, 0.2) is 41.6 Å². The molecule has 8 nitrogen and oxygen atoms in total. The molecule has 1 amide bonds. The highest BCUT2D eigenvalue weighted by atomic mass is 16.6. The minimum Gasteiger partial charge on any atom is -0.508 e. The summed E-state index contributed by atoms with van der Waals surface area (Å²) in [5.74, 6) is -1.37. The molecule has 0 aromatic heterocycles. The zero-order valence-corrected chi connectivity index (χ0v) is 19.5. The smallest absolute Gasteiger partial charge is 0.342 e. The first-order valence-corrected chi connectivity index (χ1v) is 11.5. The molecule has 0 spiro atoms. The molecule has 0 atom stereocenters. The number of hydrogen-bond donors (Lipinski definition) is 2. The highest BCUT2D eigenvalue weighted by Crippen LogP contribution is 2.29. The van der Waals surface area contributed by atoms with E-state index in [1.54, 1.807) is 11.0 Å². The van der Waals surface area contributed by atoms with Crippen LogP contribution in [0.1, 0.15) is 61.9 Å². The van der Waals surface area contributed by atoms with E-state index in [4.69, 9.17) is 9.57 Å². The minimum atomic E-state index is -0.679. The van der Waals surface area contributed by atoms with Gasteiger partial charge in [-0.15, -0.1) is 0 Å². The van der Waals surface area contributed by atoms with Crippen molar-refractivity contribution in [3.63, 3.8) is 0 Å². The van der Waals surface area contributed by atoms with Crippen molar-refractivity contribution in [1.29, 1.82) is 0 Å². The van der Waals surface area contributed by atoms with E-state index >= 15 is 0 Å². The maximum atomic E-state index is 12.6. The zero-order chi connectivity index (χ0) is 24.1. The number of cyclic esters (lactones) is 1. The number of fused-ring (bicyclic) bond motifs is 1. The van der Waals surface area contributed by atoms with Gasteiger partial charge in [0.15, 0.2) is 6.61 Å². The zero-order valence-electron chi connectivity index (χ0n) is 19.5. The Kier molecular flexibility index (Phi) is 11.0. The highest BCUT2D eigenvalue weighted by Gasteiger charge is 2.21. The molecule has 1 aromatic rings. The van der Waals surface area contributed by atoms with Crippen LogP contribution >= 0.6 is 0 Å². The molecule has 0 saturated heterocycles. The van der Waals surface area contributed by atoms with Gasteiger partial charge in [0.1, 0.15) is 17.1 Å². The van der Waals surface area contributed by atoms with Gasteiger partial charge in [0.05, 0.1) is 12.3 Å². The van der Waals surface area contributed by atoms with Crippen LogP contribution in [0.4, 0.5) is 0 Å². The van der Waals surface area contributed by atoms with Crippen LogP contribution in [-0.4, -0.2) is 59.0 Å². The second-order valence-corrected chi connectivity index (χ2v) is 7.79. The molecule has 0 unspecified atom stereocenters. The van der Waals surface area contributed by atoms with Gasteiger partial charge >= 0.3 is 5.97 Å². The molecule has 180 valence electrons. The van der Waals surface area contributed by atoms with Crippen molar-refractivity contribution in [2.24, 2.45) is 5.16 Å². The predicted molar refractivity (Wildman–Crippen MR) is 126 cm³/mol. The number of aromatic hydroxyl groups is 2. The Bertz CT molecular complexity index is 885. The van der Waals surface area contributed by atoms with Crippen molar-refractivity contribution in [3.8, 4) is 11.5 Å². The molecule has 1 aromatic carbocycles. The van der Waals surface area contributed by atoms with Crippen molar-refractivity contribution in [1.82, 2.24) is 4.90 Å². The van der Waals surface area contributed by atoms with E-state index in [0.29, 0.717) is 30.8 Å². The molecular weight excluding hydrogens is 424 g/mol. The largest absolute Gasteiger partial charge is 0.508 e. The molecule has 33 heavy (non-hydrogen) atoms.